The highest BCUT2D eigenvalue weighted by Gasteiger charge is 2.12. The van der Waals surface area contributed by atoms with Crippen LogP contribution < -0.4 is 0 Å². The minimum atomic E-state index is -0.393. The monoisotopic (exact) mass is 288 g/mol. The van der Waals surface area contributed by atoms with E-state index in [1.807, 2.05) is 6.08 Å². The molecule has 120 valence electrons. The molecule has 3 atom stereocenters. The second-order valence-corrected chi connectivity index (χ2v) is 5.71. The average Bonchev–Trinajstić information content (AvgIpc) is 2.26. The molecule has 0 aliphatic rings. The van der Waals surface area contributed by atoms with E-state index >= 15 is 0 Å². The standard InChI is InChI=1S/C15H32N2O3/c1-5-7-16(10-13(2)18)8-6-9-17(11-14(3)19)12-15(4)20/h5,13-15,18-20H,1,6-12H2,2-4H3. The molecular formula is C15H32N2O3. The lowest BCUT2D eigenvalue weighted by Gasteiger charge is -2.27. The van der Waals surface area contributed by atoms with Crippen molar-refractivity contribution in [3.8, 4) is 0 Å². The first kappa shape index (κ1) is 19.5. The zero-order valence-corrected chi connectivity index (χ0v) is 13.2. The average molecular weight is 288 g/mol. The molecular weight excluding hydrogens is 256 g/mol. The van der Waals surface area contributed by atoms with E-state index in [1.165, 1.54) is 0 Å². The van der Waals surface area contributed by atoms with Crippen LogP contribution in [0.2, 0.25) is 0 Å². The lowest BCUT2D eigenvalue weighted by molar-refractivity contribution is 0.0788. The normalized spacial score (nSPS) is 16.4. The first-order valence-corrected chi connectivity index (χ1v) is 7.45. The molecule has 20 heavy (non-hydrogen) atoms. The molecule has 3 N–H and O–H groups in total. The Kier molecular flexibility index (Phi) is 11.0. The van der Waals surface area contributed by atoms with E-state index in [9.17, 15) is 15.3 Å². The first-order chi connectivity index (χ1) is 9.35. The molecule has 0 radical (unpaired) electrons. The van der Waals surface area contributed by atoms with Crippen LogP contribution in [0.1, 0.15) is 27.2 Å². The third-order valence-electron chi connectivity index (χ3n) is 2.90. The summed E-state index contributed by atoms with van der Waals surface area (Å²) in [7, 11) is 0. The zero-order valence-electron chi connectivity index (χ0n) is 13.2. The van der Waals surface area contributed by atoms with Crippen molar-refractivity contribution >= 4 is 0 Å². The van der Waals surface area contributed by atoms with Crippen LogP contribution in [0.4, 0.5) is 0 Å². The Balaban J connectivity index is 4.13. The molecule has 0 aromatic heterocycles. The highest BCUT2D eigenvalue weighted by atomic mass is 16.3. The van der Waals surface area contributed by atoms with Crippen LogP contribution in [0.5, 0.6) is 0 Å². The predicted octanol–water partition coefficient (Wildman–Crippen LogP) is 0.309. The van der Waals surface area contributed by atoms with Gasteiger partial charge in [-0.05, 0) is 40.3 Å². The van der Waals surface area contributed by atoms with E-state index in [1.54, 1.807) is 20.8 Å². The van der Waals surface area contributed by atoms with Gasteiger partial charge in [0.25, 0.3) is 0 Å². The van der Waals surface area contributed by atoms with Gasteiger partial charge >= 0.3 is 0 Å². The summed E-state index contributed by atoms with van der Waals surface area (Å²) in [5.74, 6) is 0. The molecule has 0 aromatic rings. The molecule has 5 nitrogen and oxygen atoms in total. The van der Waals surface area contributed by atoms with Crippen LogP contribution in [0, 0.1) is 0 Å². The van der Waals surface area contributed by atoms with E-state index in [4.69, 9.17) is 0 Å². The molecule has 0 amide bonds. The van der Waals surface area contributed by atoms with Gasteiger partial charge in [0.2, 0.25) is 0 Å². The molecule has 0 rings (SSSR count). The van der Waals surface area contributed by atoms with Crippen molar-refractivity contribution < 1.29 is 15.3 Å². The highest BCUT2D eigenvalue weighted by molar-refractivity contribution is 4.75. The second kappa shape index (κ2) is 11.2. The summed E-state index contributed by atoms with van der Waals surface area (Å²) in [6, 6.07) is 0. The fourth-order valence-electron chi connectivity index (χ4n) is 2.34. The minimum Gasteiger partial charge on any atom is -0.392 e. The zero-order chi connectivity index (χ0) is 15.5. The van der Waals surface area contributed by atoms with Gasteiger partial charge < -0.3 is 15.3 Å². The lowest BCUT2D eigenvalue weighted by Crippen LogP contribution is -2.39. The van der Waals surface area contributed by atoms with E-state index in [0.29, 0.717) is 19.6 Å². The van der Waals surface area contributed by atoms with Gasteiger partial charge in [0.1, 0.15) is 0 Å². The van der Waals surface area contributed by atoms with Crippen molar-refractivity contribution in [2.45, 2.75) is 45.5 Å². The number of rotatable bonds is 12. The topological polar surface area (TPSA) is 67.2 Å². The maximum Gasteiger partial charge on any atom is 0.0639 e. The fraction of sp³-hybridized carbons (Fsp3) is 0.867. The highest BCUT2D eigenvalue weighted by Crippen LogP contribution is 2.01. The molecule has 0 aliphatic carbocycles. The molecule has 0 heterocycles. The van der Waals surface area contributed by atoms with Gasteiger partial charge in [0.15, 0.2) is 0 Å². The van der Waals surface area contributed by atoms with Crippen LogP contribution in [0.25, 0.3) is 0 Å². The number of aliphatic hydroxyl groups is 3. The summed E-state index contributed by atoms with van der Waals surface area (Å²) in [4.78, 5) is 4.23. The molecule has 5 heteroatoms. The van der Waals surface area contributed by atoms with Gasteiger partial charge in [-0.25, -0.2) is 0 Å². The van der Waals surface area contributed by atoms with E-state index in [-0.39, 0.29) is 6.10 Å². The summed E-state index contributed by atoms with van der Waals surface area (Å²) < 4.78 is 0. The summed E-state index contributed by atoms with van der Waals surface area (Å²) in [5, 5.41) is 28.4. The number of hydrogen-bond acceptors (Lipinski definition) is 5. The summed E-state index contributed by atoms with van der Waals surface area (Å²) in [5.41, 5.74) is 0. The predicted molar refractivity (Wildman–Crippen MR) is 82.7 cm³/mol. The van der Waals surface area contributed by atoms with Crippen LogP contribution >= 0.6 is 0 Å². The Morgan fingerprint density at radius 3 is 1.65 bits per heavy atom. The van der Waals surface area contributed by atoms with Crippen molar-refractivity contribution in [2.24, 2.45) is 0 Å². The molecule has 0 saturated heterocycles. The quantitative estimate of drug-likeness (QED) is 0.451. The van der Waals surface area contributed by atoms with Gasteiger partial charge in [0, 0.05) is 26.2 Å². The Bertz CT molecular complexity index is 235. The Morgan fingerprint density at radius 1 is 0.850 bits per heavy atom. The summed E-state index contributed by atoms with van der Waals surface area (Å²) >= 11 is 0. The van der Waals surface area contributed by atoms with E-state index in [2.05, 4.69) is 16.4 Å². The molecule has 0 fully saturated rings. The van der Waals surface area contributed by atoms with E-state index < -0.39 is 12.2 Å². The van der Waals surface area contributed by atoms with Crippen LogP contribution in [0.3, 0.4) is 0 Å². The first-order valence-electron chi connectivity index (χ1n) is 7.45. The fourth-order valence-corrected chi connectivity index (χ4v) is 2.34. The van der Waals surface area contributed by atoms with Gasteiger partial charge in [-0.1, -0.05) is 6.08 Å². The van der Waals surface area contributed by atoms with Crippen LogP contribution in [0.15, 0.2) is 12.7 Å². The molecule has 0 bridgehead atoms. The van der Waals surface area contributed by atoms with Crippen molar-refractivity contribution in [1.82, 2.24) is 9.80 Å². The van der Waals surface area contributed by atoms with Crippen molar-refractivity contribution in [3.63, 3.8) is 0 Å². The van der Waals surface area contributed by atoms with Crippen LogP contribution in [-0.4, -0.2) is 82.7 Å². The number of hydrogen-bond donors (Lipinski definition) is 3. The van der Waals surface area contributed by atoms with E-state index in [0.717, 1.165) is 26.1 Å². The second-order valence-electron chi connectivity index (χ2n) is 5.71. The van der Waals surface area contributed by atoms with Crippen LogP contribution in [-0.2, 0) is 0 Å². The molecule has 0 spiro atoms. The Morgan fingerprint density at radius 2 is 1.25 bits per heavy atom. The lowest BCUT2D eigenvalue weighted by atomic mass is 10.2. The maximum atomic E-state index is 9.47. The van der Waals surface area contributed by atoms with Gasteiger partial charge in [-0.2, -0.15) is 0 Å². The summed E-state index contributed by atoms with van der Waals surface area (Å²) in [6.45, 7) is 13.3. The molecule has 0 aromatic carbocycles. The number of aliphatic hydroxyl groups excluding tert-OH is 3. The smallest absolute Gasteiger partial charge is 0.0639 e. The van der Waals surface area contributed by atoms with Crippen molar-refractivity contribution in [1.29, 1.82) is 0 Å². The largest absolute Gasteiger partial charge is 0.392 e. The molecule has 3 unspecified atom stereocenters. The third-order valence-corrected chi connectivity index (χ3v) is 2.90. The molecule has 0 aliphatic heterocycles. The maximum absolute atomic E-state index is 9.47. The van der Waals surface area contributed by atoms with Crippen molar-refractivity contribution in [2.75, 3.05) is 39.3 Å². The third kappa shape index (κ3) is 11.4. The van der Waals surface area contributed by atoms with Gasteiger partial charge in [-0.15, -0.1) is 6.58 Å². The SMILES string of the molecule is C=CCN(CCCN(CC(C)O)CC(C)O)CC(C)O. The minimum absolute atomic E-state index is 0.346. The van der Waals surface area contributed by atoms with Gasteiger partial charge in [-0.3, -0.25) is 9.80 Å². The number of nitrogens with zero attached hydrogens (tertiary/aromatic N) is 2. The summed E-state index contributed by atoms with van der Waals surface area (Å²) in [6.07, 6.45) is 1.64. The van der Waals surface area contributed by atoms with Gasteiger partial charge in [0.05, 0.1) is 18.3 Å². The molecule has 0 saturated carbocycles. The Hall–Kier alpha value is -0.460. The van der Waals surface area contributed by atoms with Crippen molar-refractivity contribution in [3.05, 3.63) is 12.7 Å². The Labute approximate surface area is 123 Å².